The van der Waals surface area contributed by atoms with E-state index in [0.29, 0.717) is 0 Å². The summed E-state index contributed by atoms with van der Waals surface area (Å²) in [5.74, 6) is 0.161. The third-order valence-electron chi connectivity index (χ3n) is 5.81. The third kappa shape index (κ3) is 3.23. The van der Waals surface area contributed by atoms with Crippen LogP contribution in [0.3, 0.4) is 0 Å². The van der Waals surface area contributed by atoms with Gasteiger partial charge in [0.1, 0.15) is 0 Å². The van der Waals surface area contributed by atoms with Crippen molar-refractivity contribution in [2.45, 2.75) is 26.2 Å². The van der Waals surface area contributed by atoms with Crippen LogP contribution in [0.2, 0.25) is 0 Å². The van der Waals surface area contributed by atoms with Gasteiger partial charge in [0, 0.05) is 61.3 Å². The summed E-state index contributed by atoms with van der Waals surface area (Å²) in [6, 6.07) is 10.6. The van der Waals surface area contributed by atoms with Crippen molar-refractivity contribution >= 4 is 28.1 Å². The van der Waals surface area contributed by atoms with E-state index >= 15 is 0 Å². The first kappa shape index (κ1) is 18.1. The smallest absolute Gasteiger partial charge is 0.258 e. The third-order valence-corrected chi connectivity index (χ3v) is 5.81. The molecule has 2 heterocycles. The molecule has 0 bridgehead atoms. The lowest BCUT2D eigenvalue weighted by Gasteiger charge is -2.25. The second-order valence-electron chi connectivity index (χ2n) is 7.57. The maximum absolute atomic E-state index is 12.9. The van der Waals surface area contributed by atoms with Gasteiger partial charge in [0.2, 0.25) is 0 Å². The monoisotopic (exact) mass is 363 g/mol. The van der Waals surface area contributed by atoms with Crippen molar-refractivity contribution < 1.29 is 4.79 Å². The lowest BCUT2D eigenvalue weighted by atomic mass is 10.0. The number of rotatable bonds is 6. The molecule has 2 aliphatic rings. The first-order valence-electron chi connectivity index (χ1n) is 10.2. The van der Waals surface area contributed by atoms with E-state index < -0.39 is 0 Å². The predicted octanol–water partition coefficient (Wildman–Crippen LogP) is 4.30. The topological polar surface area (TPSA) is 26.8 Å². The number of benzene rings is 2. The minimum Gasteiger partial charge on any atom is -0.370 e. The Hall–Kier alpha value is -2.33. The molecule has 1 fully saturated rings. The van der Waals surface area contributed by atoms with Crippen molar-refractivity contribution in [2.75, 3.05) is 49.1 Å². The molecule has 2 aromatic carbocycles. The first-order chi connectivity index (χ1) is 13.2. The van der Waals surface area contributed by atoms with Gasteiger partial charge < -0.3 is 9.80 Å². The molecule has 2 aliphatic heterocycles. The zero-order chi connectivity index (χ0) is 18.8. The Balaban J connectivity index is 1.70. The normalized spacial score (nSPS) is 17.6. The molecule has 0 saturated carbocycles. The van der Waals surface area contributed by atoms with Crippen LogP contribution >= 0.6 is 0 Å². The van der Waals surface area contributed by atoms with E-state index in [9.17, 15) is 4.79 Å². The number of amides is 1. The Morgan fingerprint density at radius 3 is 2.74 bits per heavy atom. The number of carbonyl (C=O) groups is 1. The molecule has 2 aromatic rings. The molecular formula is C23H29N3O. The summed E-state index contributed by atoms with van der Waals surface area (Å²) in [7, 11) is 0. The van der Waals surface area contributed by atoms with Gasteiger partial charge in [-0.3, -0.25) is 9.69 Å². The summed E-state index contributed by atoms with van der Waals surface area (Å²) in [6.07, 6.45) is 5.27. The van der Waals surface area contributed by atoms with Crippen molar-refractivity contribution in [1.82, 2.24) is 4.90 Å². The highest BCUT2D eigenvalue weighted by Crippen LogP contribution is 2.41. The maximum Gasteiger partial charge on any atom is 0.258 e. The molecular weight excluding hydrogens is 334 g/mol. The molecule has 0 N–H and O–H groups in total. The molecule has 1 amide bonds. The lowest BCUT2D eigenvalue weighted by Crippen LogP contribution is -2.31. The number of nitrogens with zero attached hydrogens (tertiary/aromatic N) is 3. The summed E-state index contributed by atoms with van der Waals surface area (Å²) in [5.41, 5.74) is 3.22. The van der Waals surface area contributed by atoms with Crippen LogP contribution in [-0.2, 0) is 0 Å². The molecule has 0 atom stereocenters. The van der Waals surface area contributed by atoms with Crippen molar-refractivity contribution in [3.8, 4) is 0 Å². The molecule has 1 saturated heterocycles. The van der Waals surface area contributed by atoms with Gasteiger partial charge in [0.25, 0.3) is 5.91 Å². The highest BCUT2D eigenvalue weighted by molar-refractivity contribution is 6.26. The van der Waals surface area contributed by atoms with Crippen molar-refractivity contribution in [3.63, 3.8) is 0 Å². The molecule has 4 rings (SSSR count). The quantitative estimate of drug-likeness (QED) is 0.716. The Morgan fingerprint density at radius 1 is 1.07 bits per heavy atom. The van der Waals surface area contributed by atoms with Crippen LogP contribution in [0.5, 0.6) is 0 Å². The molecule has 0 aliphatic carbocycles. The number of anilines is 2. The van der Waals surface area contributed by atoms with Crippen LogP contribution in [0.15, 0.2) is 43.0 Å². The number of unbranched alkanes of at least 4 members (excludes halogenated alkanes) is 1. The molecule has 4 nitrogen and oxygen atoms in total. The zero-order valence-corrected chi connectivity index (χ0v) is 16.3. The fourth-order valence-electron chi connectivity index (χ4n) is 4.42. The van der Waals surface area contributed by atoms with Gasteiger partial charge in [-0.25, -0.2) is 0 Å². The van der Waals surface area contributed by atoms with E-state index in [4.69, 9.17) is 0 Å². The SMILES string of the molecule is C=CCN1CCCN(c2ccc3c4c(cccc24)C(=O)N3CCCC)CC1. The highest BCUT2D eigenvalue weighted by Gasteiger charge is 2.30. The van der Waals surface area contributed by atoms with Crippen molar-refractivity contribution in [2.24, 2.45) is 0 Å². The van der Waals surface area contributed by atoms with E-state index in [-0.39, 0.29) is 5.91 Å². The van der Waals surface area contributed by atoms with Crippen LogP contribution in [0.25, 0.3) is 10.8 Å². The largest absolute Gasteiger partial charge is 0.370 e. The van der Waals surface area contributed by atoms with Gasteiger partial charge >= 0.3 is 0 Å². The average molecular weight is 364 g/mol. The Bertz CT molecular complexity index is 860. The minimum atomic E-state index is 0.161. The van der Waals surface area contributed by atoms with Gasteiger partial charge in [-0.2, -0.15) is 0 Å². The molecule has 0 aromatic heterocycles. The van der Waals surface area contributed by atoms with E-state index in [2.05, 4.69) is 41.5 Å². The van der Waals surface area contributed by atoms with Crippen LogP contribution in [0.4, 0.5) is 11.4 Å². The van der Waals surface area contributed by atoms with Crippen LogP contribution < -0.4 is 9.80 Å². The van der Waals surface area contributed by atoms with Crippen LogP contribution in [0, 0.1) is 0 Å². The second-order valence-corrected chi connectivity index (χ2v) is 7.57. The van der Waals surface area contributed by atoms with E-state index in [0.717, 1.165) is 75.2 Å². The van der Waals surface area contributed by atoms with Gasteiger partial charge in [-0.1, -0.05) is 31.6 Å². The molecule has 27 heavy (non-hydrogen) atoms. The maximum atomic E-state index is 12.9. The van der Waals surface area contributed by atoms with E-state index in [1.807, 2.05) is 23.1 Å². The summed E-state index contributed by atoms with van der Waals surface area (Å²) >= 11 is 0. The minimum absolute atomic E-state index is 0.161. The number of hydrogen-bond donors (Lipinski definition) is 0. The predicted molar refractivity (Wildman–Crippen MR) is 114 cm³/mol. The molecule has 142 valence electrons. The lowest BCUT2D eigenvalue weighted by molar-refractivity contribution is 0.0993. The second kappa shape index (κ2) is 7.73. The van der Waals surface area contributed by atoms with Gasteiger partial charge in [0.15, 0.2) is 0 Å². The van der Waals surface area contributed by atoms with E-state index in [1.165, 1.54) is 11.1 Å². The van der Waals surface area contributed by atoms with Gasteiger partial charge in [0.05, 0.1) is 5.69 Å². The summed E-state index contributed by atoms with van der Waals surface area (Å²) in [6.45, 7) is 12.0. The van der Waals surface area contributed by atoms with Gasteiger partial charge in [-0.05, 0) is 31.0 Å². The molecule has 0 radical (unpaired) electrons. The Morgan fingerprint density at radius 2 is 1.93 bits per heavy atom. The van der Waals surface area contributed by atoms with E-state index in [1.54, 1.807) is 0 Å². The van der Waals surface area contributed by atoms with Gasteiger partial charge in [-0.15, -0.1) is 6.58 Å². The number of hydrogen-bond acceptors (Lipinski definition) is 3. The van der Waals surface area contributed by atoms with Crippen molar-refractivity contribution in [3.05, 3.63) is 48.6 Å². The highest BCUT2D eigenvalue weighted by atomic mass is 16.2. The summed E-state index contributed by atoms with van der Waals surface area (Å²) in [4.78, 5) is 19.9. The summed E-state index contributed by atoms with van der Waals surface area (Å²) in [5, 5.41) is 2.36. The number of carbonyl (C=O) groups excluding carboxylic acids is 1. The standard InChI is InChI=1S/C23H29N3O/c1-3-5-15-26-21-11-10-20(18-8-6-9-19(22(18)21)23(26)27)25-14-7-13-24(12-4-2)16-17-25/h4,6,8-11H,2-3,5,7,12-17H2,1H3. The fraction of sp³-hybridized carbons (Fsp3) is 0.435. The molecule has 0 unspecified atom stereocenters. The Labute approximate surface area is 162 Å². The average Bonchev–Trinajstić information content (AvgIpc) is 2.84. The zero-order valence-electron chi connectivity index (χ0n) is 16.3. The van der Waals surface area contributed by atoms with Crippen LogP contribution in [-0.4, -0.2) is 50.1 Å². The summed E-state index contributed by atoms with van der Waals surface area (Å²) < 4.78 is 0. The van der Waals surface area contributed by atoms with Crippen molar-refractivity contribution in [1.29, 1.82) is 0 Å². The molecule has 4 heteroatoms. The molecule has 0 spiro atoms. The fourth-order valence-corrected chi connectivity index (χ4v) is 4.42. The first-order valence-corrected chi connectivity index (χ1v) is 10.2. The Kier molecular flexibility index (Phi) is 5.17. The van der Waals surface area contributed by atoms with Crippen LogP contribution in [0.1, 0.15) is 36.5 Å².